The van der Waals surface area contributed by atoms with Crippen LogP contribution < -0.4 is 10.2 Å². The Hall–Kier alpha value is -4.65. The summed E-state index contributed by atoms with van der Waals surface area (Å²) in [6.07, 6.45) is 8.72. The van der Waals surface area contributed by atoms with Crippen LogP contribution in [0.5, 0.6) is 0 Å². The van der Waals surface area contributed by atoms with E-state index in [1.807, 2.05) is 70.3 Å². The zero-order valence-corrected chi connectivity index (χ0v) is 29.0. The number of fused-ring (bicyclic) bond motifs is 2. The minimum atomic E-state index is -0.605. The zero-order chi connectivity index (χ0) is 33.8. The number of benzene rings is 4. The standard InChI is InChI=1S/C41H48N4O3/c1-6-7-17-37-43-35-25-23-32(44(5)40(47)42-31-14-9-8-10-15-31)26-36(35)45(37)27-28-18-20-30(21-19-28)34-24-22-29-13-11-12-16-33(29)38(34)39(46)48-41(2,3)4/h11-13,16,18-26,31H,6-10,14-15,17,27H2,1-5H3,(H,42,47). The minimum Gasteiger partial charge on any atom is -0.456 e. The van der Waals surface area contributed by atoms with Gasteiger partial charge in [-0.05, 0) is 85.7 Å². The van der Waals surface area contributed by atoms with Crippen molar-refractivity contribution in [3.8, 4) is 11.1 Å². The number of esters is 1. The minimum absolute atomic E-state index is 0.0615. The molecule has 1 heterocycles. The number of urea groups is 1. The van der Waals surface area contributed by atoms with Crippen LogP contribution >= 0.6 is 0 Å². The van der Waals surface area contributed by atoms with Crippen molar-refractivity contribution in [1.82, 2.24) is 14.9 Å². The highest BCUT2D eigenvalue weighted by Gasteiger charge is 2.24. The zero-order valence-electron chi connectivity index (χ0n) is 29.0. The molecule has 7 nitrogen and oxygen atoms in total. The Balaban J connectivity index is 1.31. The van der Waals surface area contributed by atoms with E-state index in [1.165, 1.54) is 19.3 Å². The highest BCUT2D eigenvalue weighted by Crippen LogP contribution is 2.33. The van der Waals surface area contributed by atoms with E-state index in [4.69, 9.17) is 9.72 Å². The summed E-state index contributed by atoms with van der Waals surface area (Å²) in [5, 5.41) is 5.12. The molecule has 0 saturated heterocycles. The van der Waals surface area contributed by atoms with Crippen molar-refractivity contribution < 1.29 is 14.3 Å². The van der Waals surface area contributed by atoms with Gasteiger partial charge in [-0.25, -0.2) is 14.6 Å². The third kappa shape index (κ3) is 7.40. The highest BCUT2D eigenvalue weighted by molar-refractivity contribution is 6.10. The van der Waals surface area contributed by atoms with Crippen LogP contribution in [0.2, 0.25) is 0 Å². The van der Waals surface area contributed by atoms with Crippen LogP contribution in [0.25, 0.3) is 32.9 Å². The summed E-state index contributed by atoms with van der Waals surface area (Å²) >= 11 is 0. The number of nitrogens with zero attached hydrogens (tertiary/aromatic N) is 3. The maximum Gasteiger partial charge on any atom is 0.339 e. The van der Waals surface area contributed by atoms with Crippen molar-refractivity contribution in [3.05, 3.63) is 95.8 Å². The molecule has 0 spiro atoms. The molecule has 48 heavy (non-hydrogen) atoms. The van der Waals surface area contributed by atoms with Gasteiger partial charge in [0.25, 0.3) is 0 Å². The summed E-state index contributed by atoms with van der Waals surface area (Å²) < 4.78 is 8.17. The molecule has 6 rings (SSSR count). The number of amides is 2. The van der Waals surface area contributed by atoms with E-state index < -0.39 is 5.60 Å². The first-order valence-corrected chi connectivity index (χ1v) is 17.5. The summed E-state index contributed by atoms with van der Waals surface area (Å²) in [6.45, 7) is 8.53. The number of ether oxygens (including phenoxy) is 1. The van der Waals surface area contributed by atoms with Crippen LogP contribution in [0.15, 0.2) is 78.9 Å². The van der Waals surface area contributed by atoms with Crippen molar-refractivity contribution in [2.75, 3.05) is 11.9 Å². The van der Waals surface area contributed by atoms with Crippen molar-refractivity contribution >= 4 is 39.5 Å². The average Bonchev–Trinajstić information content (AvgIpc) is 3.42. The van der Waals surface area contributed by atoms with Gasteiger partial charge in [0.05, 0.1) is 16.6 Å². The molecule has 0 aliphatic heterocycles. The van der Waals surface area contributed by atoms with Gasteiger partial charge in [0.1, 0.15) is 11.4 Å². The summed E-state index contributed by atoms with van der Waals surface area (Å²) in [4.78, 5) is 33.5. The summed E-state index contributed by atoms with van der Waals surface area (Å²) in [6, 6.07) is 26.8. The number of rotatable bonds is 9. The number of anilines is 1. The van der Waals surface area contributed by atoms with Crippen molar-refractivity contribution in [3.63, 3.8) is 0 Å². The van der Waals surface area contributed by atoms with E-state index >= 15 is 0 Å². The Kier molecular flexibility index (Phi) is 9.86. The second kappa shape index (κ2) is 14.2. The number of aromatic nitrogens is 2. The molecule has 1 aromatic heterocycles. The SMILES string of the molecule is CCCCc1nc2ccc(N(C)C(=O)NC3CCCCC3)cc2n1Cc1ccc(-c2ccc3ccccc3c2C(=O)OC(C)(C)C)cc1. The van der Waals surface area contributed by atoms with Crippen LogP contribution in [0, 0.1) is 0 Å². The number of unbranched alkanes of at least 4 members (excludes halogenated alkanes) is 1. The summed E-state index contributed by atoms with van der Waals surface area (Å²) in [5.74, 6) is 0.723. The van der Waals surface area contributed by atoms with Gasteiger partial charge in [-0.1, -0.05) is 93.3 Å². The van der Waals surface area contributed by atoms with Crippen molar-refractivity contribution in [2.45, 2.75) is 97.2 Å². The number of carbonyl (C=O) groups excluding carboxylic acids is 2. The highest BCUT2D eigenvalue weighted by atomic mass is 16.6. The molecule has 0 radical (unpaired) electrons. The predicted octanol–water partition coefficient (Wildman–Crippen LogP) is 9.68. The van der Waals surface area contributed by atoms with E-state index in [1.54, 1.807) is 4.90 Å². The third-order valence-electron chi connectivity index (χ3n) is 9.33. The van der Waals surface area contributed by atoms with Gasteiger partial charge in [-0.3, -0.25) is 4.90 Å². The number of aryl methyl sites for hydroxylation is 1. The lowest BCUT2D eigenvalue weighted by Gasteiger charge is -2.26. The van der Waals surface area contributed by atoms with Crippen LogP contribution in [0.1, 0.15) is 94.4 Å². The van der Waals surface area contributed by atoms with E-state index in [0.717, 1.165) is 82.1 Å². The van der Waals surface area contributed by atoms with Crippen LogP contribution in [0.4, 0.5) is 10.5 Å². The molecule has 250 valence electrons. The van der Waals surface area contributed by atoms with Gasteiger partial charge >= 0.3 is 12.0 Å². The first-order valence-electron chi connectivity index (χ1n) is 17.5. The van der Waals surface area contributed by atoms with E-state index in [-0.39, 0.29) is 18.0 Å². The largest absolute Gasteiger partial charge is 0.456 e. The van der Waals surface area contributed by atoms with Gasteiger partial charge in [-0.2, -0.15) is 0 Å². The normalized spacial score (nSPS) is 13.9. The lowest BCUT2D eigenvalue weighted by atomic mass is 9.93. The third-order valence-corrected chi connectivity index (χ3v) is 9.33. The second-order valence-corrected chi connectivity index (χ2v) is 14.1. The quantitative estimate of drug-likeness (QED) is 0.162. The molecule has 1 saturated carbocycles. The van der Waals surface area contributed by atoms with Crippen LogP contribution in [0.3, 0.4) is 0 Å². The fourth-order valence-corrected chi connectivity index (χ4v) is 6.74. The molecule has 0 bridgehead atoms. The lowest BCUT2D eigenvalue weighted by Crippen LogP contribution is -2.43. The van der Waals surface area contributed by atoms with Crippen molar-refractivity contribution in [1.29, 1.82) is 0 Å². The van der Waals surface area contributed by atoms with Gasteiger partial charge in [0.2, 0.25) is 0 Å². The summed E-state index contributed by atoms with van der Waals surface area (Å²) in [7, 11) is 1.84. The molecule has 7 heteroatoms. The van der Waals surface area contributed by atoms with E-state index in [9.17, 15) is 9.59 Å². The lowest BCUT2D eigenvalue weighted by molar-refractivity contribution is 0.00726. The Morgan fingerprint density at radius 2 is 1.71 bits per heavy atom. The van der Waals surface area contributed by atoms with Crippen LogP contribution in [-0.4, -0.2) is 40.2 Å². The Morgan fingerprint density at radius 1 is 0.958 bits per heavy atom. The van der Waals surface area contributed by atoms with Gasteiger partial charge in [0.15, 0.2) is 0 Å². The molecule has 4 aromatic carbocycles. The molecule has 2 amide bonds. The van der Waals surface area contributed by atoms with Gasteiger partial charge in [-0.15, -0.1) is 0 Å². The molecule has 5 aromatic rings. The molecule has 1 aliphatic carbocycles. The van der Waals surface area contributed by atoms with Gasteiger partial charge in [0, 0.05) is 31.7 Å². The number of hydrogen-bond donors (Lipinski definition) is 1. The molecule has 1 N–H and O–H groups in total. The first-order chi connectivity index (χ1) is 23.1. The molecule has 0 atom stereocenters. The molecular weight excluding hydrogens is 596 g/mol. The molecule has 1 fully saturated rings. The Bertz CT molecular complexity index is 1910. The van der Waals surface area contributed by atoms with Crippen LogP contribution in [-0.2, 0) is 17.7 Å². The van der Waals surface area contributed by atoms with Crippen molar-refractivity contribution in [2.24, 2.45) is 0 Å². The summed E-state index contributed by atoms with van der Waals surface area (Å²) in [5.41, 5.74) is 5.71. The first kappa shape index (κ1) is 33.3. The Labute approximate surface area is 284 Å². The molecule has 0 unspecified atom stereocenters. The number of imidazole rings is 1. The number of nitrogens with one attached hydrogen (secondary N) is 1. The second-order valence-electron chi connectivity index (χ2n) is 14.1. The van der Waals surface area contributed by atoms with E-state index in [0.29, 0.717) is 12.1 Å². The van der Waals surface area contributed by atoms with E-state index in [2.05, 4.69) is 53.2 Å². The number of hydrogen-bond acceptors (Lipinski definition) is 4. The topological polar surface area (TPSA) is 76.5 Å². The fourth-order valence-electron chi connectivity index (χ4n) is 6.74. The smallest absolute Gasteiger partial charge is 0.339 e. The predicted molar refractivity (Wildman–Crippen MR) is 196 cm³/mol. The molecule has 1 aliphatic rings. The number of carbonyl (C=O) groups is 2. The fraction of sp³-hybridized carbons (Fsp3) is 0.390. The maximum atomic E-state index is 13.6. The monoisotopic (exact) mass is 644 g/mol. The Morgan fingerprint density at radius 3 is 2.44 bits per heavy atom. The molecular formula is C41H48N4O3. The van der Waals surface area contributed by atoms with Gasteiger partial charge < -0.3 is 14.6 Å². The average molecular weight is 645 g/mol. The maximum absolute atomic E-state index is 13.6.